The number of fused-ring (bicyclic) bond motifs is 4. The highest BCUT2D eigenvalue weighted by Gasteiger charge is 2.79. The maximum atomic E-state index is 15.3. The fourth-order valence-electron chi connectivity index (χ4n) is 9.48. The number of hydrogen-bond acceptors (Lipinski definition) is 5. The van der Waals surface area contributed by atoms with E-state index in [0.29, 0.717) is 63.0 Å². The van der Waals surface area contributed by atoms with Gasteiger partial charge in [0.2, 0.25) is 0 Å². The van der Waals surface area contributed by atoms with E-state index in [1.54, 1.807) is 47.6 Å². The Balaban J connectivity index is 1.21. The van der Waals surface area contributed by atoms with Gasteiger partial charge in [0.1, 0.15) is 5.60 Å². The molecular formula is C36H38F5N3O3. The average Bonchev–Trinajstić information content (AvgIpc) is 3.35. The summed E-state index contributed by atoms with van der Waals surface area (Å²) in [6.45, 7) is 3.81. The number of rotatable bonds is 4. The number of ketones is 1. The number of pyridine rings is 1. The number of anilines is 1. The fourth-order valence-corrected chi connectivity index (χ4v) is 9.48. The van der Waals surface area contributed by atoms with Crippen LogP contribution in [0.1, 0.15) is 73.7 Å². The van der Waals surface area contributed by atoms with Crippen molar-refractivity contribution in [3.8, 4) is 0 Å². The molecule has 11 heteroatoms. The Hall–Kier alpha value is -3.60. The number of amides is 1. The van der Waals surface area contributed by atoms with Crippen LogP contribution in [0.15, 0.2) is 71.6 Å². The number of aromatic nitrogens is 1. The topological polar surface area (TPSA) is 73.7 Å². The highest BCUT2D eigenvalue weighted by atomic mass is 19.4. The minimum absolute atomic E-state index is 0.0320. The van der Waals surface area contributed by atoms with E-state index in [-0.39, 0.29) is 30.4 Å². The average molecular weight is 656 g/mol. The monoisotopic (exact) mass is 655 g/mol. The summed E-state index contributed by atoms with van der Waals surface area (Å²) in [5.41, 5.74) is 0.172. The molecule has 5 atom stereocenters. The quantitative estimate of drug-likeness (QED) is 0.364. The van der Waals surface area contributed by atoms with Crippen LogP contribution in [0, 0.1) is 17.3 Å². The van der Waals surface area contributed by atoms with Crippen molar-refractivity contribution >= 4 is 17.4 Å². The summed E-state index contributed by atoms with van der Waals surface area (Å²) < 4.78 is 72.1. The van der Waals surface area contributed by atoms with Crippen LogP contribution in [-0.4, -0.2) is 70.6 Å². The van der Waals surface area contributed by atoms with E-state index in [0.717, 1.165) is 22.4 Å². The van der Waals surface area contributed by atoms with E-state index in [2.05, 4.69) is 9.88 Å². The lowest BCUT2D eigenvalue weighted by Gasteiger charge is -2.56. The molecule has 5 aliphatic rings. The zero-order valence-corrected chi connectivity index (χ0v) is 26.2. The molecule has 7 rings (SSSR count). The molecule has 3 fully saturated rings. The molecule has 47 heavy (non-hydrogen) atoms. The zero-order valence-electron chi connectivity index (χ0n) is 26.2. The standard InChI is InChI=1S/C36H38F5N3O3/c1-33-21-29(22-2-4-23(5-3-22)32(46)44-18-16-43(17-19-44)25-11-14-42-15-12-25)31-27-9-7-26(45)20-24(27)6-8-28(31)30(33)10-13-34(33,47)35(37,38)36(39,40)41/h2-5,11-12,14-15,20,28-30,47H,6-10,13,16-19,21H2,1H3/t28-,29+,30-,33-,34+/m0/s1. The van der Waals surface area contributed by atoms with Gasteiger partial charge in [-0.1, -0.05) is 24.6 Å². The van der Waals surface area contributed by atoms with Crippen molar-refractivity contribution < 1.29 is 36.6 Å². The van der Waals surface area contributed by atoms with E-state index in [4.69, 9.17) is 0 Å². The molecule has 2 saturated carbocycles. The van der Waals surface area contributed by atoms with E-state index in [1.165, 1.54) is 6.92 Å². The Morgan fingerprint density at radius 2 is 1.62 bits per heavy atom. The first-order chi connectivity index (χ1) is 22.2. The number of nitrogens with zero attached hydrogens (tertiary/aromatic N) is 3. The van der Waals surface area contributed by atoms with Gasteiger partial charge < -0.3 is 14.9 Å². The summed E-state index contributed by atoms with van der Waals surface area (Å²) in [5.74, 6) is -6.79. The number of hydrogen-bond donors (Lipinski definition) is 1. The van der Waals surface area contributed by atoms with Crippen LogP contribution < -0.4 is 4.90 Å². The fraction of sp³-hybridized carbons (Fsp3) is 0.528. The second kappa shape index (κ2) is 11.2. The van der Waals surface area contributed by atoms with Crippen molar-refractivity contribution in [3.63, 3.8) is 0 Å². The molecule has 1 saturated heterocycles. The molecule has 1 aromatic carbocycles. The number of piperazine rings is 1. The van der Waals surface area contributed by atoms with Gasteiger partial charge in [0.15, 0.2) is 5.78 Å². The summed E-state index contributed by atoms with van der Waals surface area (Å²) >= 11 is 0. The largest absolute Gasteiger partial charge is 0.456 e. The minimum Gasteiger partial charge on any atom is -0.383 e. The van der Waals surface area contributed by atoms with Gasteiger partial charge in [0.05, 0.1) is 0 Å². The van der Waals surface area contributed by atoms with Crippen LogP contribution in [0.25, 0.3) is 0 Å². The third kappa shape index (κ3) is 4.94. The third-order valence-electron chi connectivity index (χ3n) is 11.9. The second-order valence-corrected chi connectivity index (χ2v) is 14.1. The first kappa shape index (κ1) is 32.0. The maximum Gasteiger partial charge on any atom is 0.456 e. The van der Waals surface area contributed by atoms with Crippen LogP contribution >= 0.6 is 0 Å². The second-order valence-electron chi connectivity index (χ2n) is 14.1. The van der Waals surface area contributed by atoms with Gasteiger partial charge >= 0.3 is 12.1 Å². The normalized spacial score (nSPS) is 31.3. The molecule has 0 spiro atoms. The molecule has 2 aromatic rings. The van der Waals surface area contributed by atoms with Crippen LogP contribution in [0.4, 0.5) is 27.6 Å². The van der Waals surface area contributed by atoms with Crippen LogP contribution in [0.5, 0.6) is 0 Å². The molecule has 1 aromatic heterocycles. The Morgan fingerprint density at radius 1 is 0.936 bits per heavy atom. The highest BCUT2D eigenvalue weighted by Crippen LogP contribution is 2.70. The number of halogens is 5. The molecule has 0 radical (unpaired) electrons. The third-order valence-corrected chi connectivity index (χ3v) is 11.9. The summed E-state index contributed by atoms with van der Waals surface area (Å²) in [5, 5.41) is 11.5. The Kier molecular flexibility index (Phi) is 7.65. The summed E-state index contributed by atoms with van der Waals surface area (Å²) in [4.78, 5) is 33.8. The van der Waals surface area contributed by atoms with Gasteiger partial charge in [-0.25, -0.2) is 0 Å². The Morgan fingerprint density at radius 3 is 2.28 bits per heavy atom. The molecule has 1 amide bonds. The van der Waals surface area contributed by atoms with Crippen LogP contribution in [-0.2, 0) is 4.79 Å². The van der Waals surface area contributed by atoms with Crippen molar-refractivity contribution in [2.75, 3.05) is 31.1 Å². The predicted molar refractivity (Wildman–Crippen MR) is 165 cm³/mol. The number of benzene rings is 1. The Labute approximate surface area is 270 Å². The summed E-state index contributed by atoms with van der Waals surface area (Å²) in [7, 11) is 0. The smallest absolute Gasteiger partial charge is 0.383 e. The molecule has 2 heterocycles. The van der Waals surface area contributed by atoms with Gasteiger partial charge in [0.25, 0.3) is 5.91 Å². The lowest BCUT2D eigenvalue weighted by Crippen LogP contribution is -2.65. The first-order valence-corrected chi connectivity index (χ1v) is 16.4. The van der Waals surface area contributed by atoms with Gasteiger partial charge in [-0.2, -0.15) is 22.0 Å². The molecule has 250 valence electrons. The molecule has 1 N–H and O–H groups in total. The van der Waals surface area contributed by atoms with E-state index in [9.17, 15) is 27.9 Å². The number of carbonyl (C=O) groups excluding carboxylic acids is 2. The Bertz CT molecular complexity index is 1630. The minimum atomic E-state index is -5.90. The van der Waals surface area contributed by atoms with Crippen LogP contribution in [0.2, 0.25) is 0 Å². The van der Waals surface area contributed by atoms with Gasteiger partial charge in [0, 0.05) is 67.6 Å². The van der Waals surface area contributed by atoms with Crippen molar-refractivity contribution in [2.45, 2.75) is 75.5 Å². The molecule has 6 nitrogen and oxygen atoms in total. The van der Waals surface area contributed by atoms with E-state index >= 15 is 8.78 Å². The molecule has 1 aliphatic heterocycles. The lowest BCUT2D eigenvalue weighted by atomic mass is 9.50. The molecule has 0 unspecified atom stereocenters. The van der Waals surface area contributed by atoms with Crippen LogP contribution in [0.3, 0.4) is 0 Å². The van der Waals surface area contributed by atoms with E-state index < -0.39 is 41.4 Å². The molecule has 4 aliphatic carbocycles. The maximum absolute atomic E-state index is 15.3. The zero-order chi connectivity index (χ0) is 33.4. The van der Waals surface area contributed by atoms with E-state index in [1.807, 2.05) is 12.1 Å². The first-order valence-electron chi connectivity index (χ1n) is 16.4. The summed E-state index contributed by atoms with van der Waals surface area (Å²) in [6.07, 6.45) is 0.430. The molecule has 0 bridgehead atoms. The van der Waals surface area contributed by atoms with Crippen molar-refractivity contribution in [3.05, 3.63) is 82.7 Å². The SMILES string of the molecule is C[C@]12C[C@H](c3ccc(C(=O)N4CCN(c5ccncc5)CC4)cc3)C3=C4CCC(=O)C=C4CC[C@H]3[C@@H]1CC[C@]2(O)C(F)(F)C(F)(F)F. The predicted octanol–water partition coefficient (Wildman–Crippen LogP) is 6.87. The number of alkyl halides is 5. The van der Waals surface area contributed by atoms with Crippen molar-refractivity contribution in [1.82, 2.24) is 9.88 Å². The number of allylic oxidation sites excluding steroid dienone is 4. The summed E-state index contributed by atoms with van der Waals surface area (Å²) in [6, 6.07) is 10.8. The van der Waals surface area contributed by atoms with Crippen molar-refractivity contribution in [2.24, 2.45) is 17.3 Å². The van der Waals surface area contributed by atoms with Gasteiger partial charge in [-0.15, -0.1) is 0 Å². The number of carbonyl (C=O) groups is 2. The highest BCUT2D eigenvalue weighted by molar-refractivity contribution is 5.94. The van der Waals surface area contributed by atoms with Gasteiger partial charge in [-0.05, 0) is 97.4 Å². The van der Waals surface area contributed by atoms with Crippen molar-refractivity contribution in [1.29, 1.82) is 0 Å². The lowest BCUT2D eigenvalue weighted by molar-refractivity contribution is -0.362. The van der Waals surface area contributed by atoms with Gasteiger partial charge in [-0.3, -0.25) is 14.6 Å². The molecular weight excluding hydrogens is 617 g/mol. The number of aliphatic hydroxyl groups is 1.